The van der Waals surface area contributed by atoms with Crippen molar-refractivity contribution in [2.75, 3.05) is 13.6 Å². The zero-order chi connectivity index (χ0) is 12.1. The van der Waals surface area contributed by atoms with Crippen molar-refractivity contribution in [3.05, 3.63) is 34.3 Å². The lowest BCUT2D eigenvalue weighted by Crippen LogP contribution is -2.40. The van der Waals surface area contributed by atoms with E-state index in [0.29, 0.717) is 13.0 Å². The van der Waals surface area contributed by atoms with Gasteiger partial charge in [0.25, 0.3) is 0 Å². The normalized spacial score (nSPS) is 11.5. The van der Waals surface area contributed by atoms with Crippen molar-refractivity contribution < 1.29 is 4.79 Å². The van der Waals surface area contributed by atoms with E-state index in [1.807, 2.05) is 31.2 Å². The number of nitrogens with two attached hydrogens (primary N) is 1. The summed E-state index contributed by atoms with van der Waals surface area (Å²) >= 11 is 3.39. The van der Waals surface area contributed by atoms with Gasteiger partial charge in [0.15, 0.2) is 0 Å². The van der Waals surface area contributed by atoms with Crippen molar-refractivity contribution in [3.8, 4) is 0 Å². The summed E-state index contributed by atoms with van der Waals surface area (Å²) in [6, 6.07) is 7.86. The van der Waals surface area contributed by atoms with Crippen molar-refractivity contribution >= 4 is 34.2 Å². The van der Waals surface area contributed by atoms with Crippen LogP contribution in [0.25, 0.3) is 0 Å². The number of hydrogen-bond donors (Lipinski definition) is 1. The molecule has 0 spiro atoms. The molecule has 0 aliphatic heterocycles. The van der Waals surface area contributed by atoms with E-state index in [4.69, 9.17) is 5.73 Å². The summed E-state index contributed by atoms with van der Waals surface area (Å²) in [5.41, 5.74) is 6.54. The number of likely N-dealkylation sites (N-methyl/N-ethyl adjacent to an activating group) is 1. The van der Waals surface area contributed by atoms with Gasteiger partial charge in [-0.2, -0.15) is 0 Å². The van der Waals surface area contributed by atoms with Crippen molar-refractivity contribution in [3.63, 3.8) is 0 Å². The minimum Gasteiger partial charge on any atom is -0.341 e. The van der Waals surface area contributed by atoms with Crippen LogP contribution in [0.15, 0.2) is 28.7 Å². The van der Waals surface area contributed by atoms with Crippen LogP contribution in [0.1, 0.15) is 12.5 Å². The molecule has 96 valence electrons. The topological polar surface area (TPSA) is 46.3 Å². The van der Waals surface area contributed by atoms with Gasteiger partial charge in [-0.15, -0.1) is 12.4 Å². The number of carbonyl (C=O) groups is 1. The summed E-state index contributed by atoms with van der Waals surface area (Å²) in [6.45, 7) is 2.43. The van der Waals surface area contributed by atoms with Crippen LogP contribution in [0.4, 0.5) is 0 Å². The van der Waals surface area contributed by atoms with Crippen molar-refractivity contribution in [2.45, 2.75) is 19.4 Å². The predicted molar refractivity (Wildman–Crippen MR) is 76.4 cm³/mol. The van der Waals surface area contributed by atoms with Crippen molar-refractivity contribution in [1.82, 2.24) is 4.90 Å². The molecule has 1 aromatic carbocycles. The molecule has 17 heavy (non-hydrogen) atoms. The van der Waals surface area contributed by atoms with Crippen molar-refractivity contribution in [2.24, 2.45) is 5.73 Å². The van der Waals surface area contributed by atoms with Gasteiger partial charge in [-0.3, -0.25) is 4.79 Å². The monoisotopic (exact) mass is 320 g/mol. The Balaban J connectivity index is 0.00000256. The smallest absolute Gasteiger partial charge is 0.227 e. The van der Waals surface area contributed by atoms with Crippen LogP contribution in [-0.4, -0.2) is 30.4 Å². The quantitative estimate of drug-likeness (QED) is 0.924. The van der Waals surface area contributed by atoms with E-state index < -0.39 is 0 Å². The summed E-state index contributed by atoms with van der Waals surface area (Å²) in [5, 5.41) is 0. The molecule has 0 bridgehead atoms. The molecule has 1 rings (SSSR count). The van der Waals surface area contributed by atoms with Gasteiger partial charge in [0, 0.05) is 24.1 Å². The molecule has 1 amide bonds. The van der Waals surface area contributed by atoms with Gasteiger partial charge in [-0.25, -0.2) is 0 Å². The van der Waals surface area contributed by atoms with E-state index in [1.165, 1.54) is 0 Å². The summed E-state index contributed by atoms with van der Waals surface area (Å²) in [6.07, 6.45) is 0.417. The maximum Gasteiger partial charge on any atom is 0.227 e. The molecular weight excluding hydrogens is 304 g/mol. The Morgan fingerprint density at radius 3 is 2.71 bits per heavy atom. The summed E-state index contributed by atoms with van der Waals surface area (Å²) in [4.78, 5) is 13.6. The molecule has 0 aliphatic rings. The number of hydrogen-bond acceptors (Lipinski definition) is 2. The molecule has 0 fully saturated rings. The first-order valence-corrected chi connectivity index (χ1v) is 6.04. The van der Waals surface area contributed by atoms with E-state index in [1.54, 1.807) is 11.9 Å². The molecule has 1 unspecified atom stereocenters. The lowest BCUT2D eigenvalue weighted by atomic mass is 10.1. The number of rotatable bonds is 4. The Labute approximate surface area is 117 Å². The highest BCUT2D eigenvalue weighted by Gasteiger charge is 2.14. The Kier molecular flexibility index (Phi) is 7.43. The fraction of sp³-hybridized carbons (Fsp3) is 0.417. The fourth-order valence-corrected chi connectivity index (χ4v) is 1.80. The zero-order valence-corrected chi connectivity index (χ0v) is 12.4. The molecular formula is C12H18BrClN2O. The molecule has 0 aromatic heterocycles. The molecule has 0 aliphatic carbocycles. The highest BCUT2D eigenvalue weighted by Crippen LogP contribution is 2.13. The van der Waals surface area contributed by atoms with Crippen LogP contribution in [0.5, 0.6) is 0 Å². The lowest BCUT2D eigenvalue weighted by molar-refractivity contribution is -0.130. The molecule has 1 aromatic rings. The number of halogens is 2. The number of amides is 1. The summed E-state index contributed by atoms with van der Waals surface area (Å²) in [5.74, 6) is 0.0936. The van der Waals surface area contributed by atoms with Gasteiger partial charge in [0.05, 0.1) is 6.42 Å². The number of benzene rings is 1. The summed E-state index contributed by atoms with van der Waals surface area (Å²) in [7, 11) is 1.79. The maximum atomic E-state index is 11.9. The highest BCUT2D eigenvalue weighted by molar-refractivity contribution is 9.10. The number of carbonyl (C=O) groups excluding carboxylic acids is 1. The fourth-order valence-electron chi connectivity index (χ4n) is 1.35. The van der Waals surface area contributed by atoms with Crippen LogP contribution >= 0.6 is 28.3 Å². The van der Waals surface area contributed by atoms with Crippen LogP contribution in [0.3, 0.4) is 0 Å². The zero-order valence-electron chi connectivity index (χ0n) is 10.0. The van der Waals surface area contributed by atoms with Crippen LogP contribution < -0.4 is 5.73 Å². The molecule has 0 heterocycles. The van der Waals surface area contributed by atoms with E-state index in [9.17, 15) is 4.79 Å². The average Bonchev–Trinajstić information content (AvgIpc) is 2.27. The number of nitrogens with zero attached hydrogens (tertiary/aromatic N) is 1. The average molecular weight is 322 g/mol. The van der Waals surface area contributed by atoms with E-state index in [2.05, 4.69) is 15.9 Å². The molecule has 0 radical (unpaired) electrons. The Bertz CT molecular complexity index is 373. The Morgan fingerprint density at radius 2 is 2.18 bits per heavy atom. The predicted octanol–water partition coefficient (Wildman–Crippen LogP) is 2.22. The van der Waals surface area contributed by atoms with Crippen LogP contribution in [-0.2, 0) is 11.2 Å². The minimum atomic E-state index is 0. The second-order valence-corrected chi connectivity index (χ2v) is 4.81. The van der Waals surface area contributed by atoms with Gasteiger partial charge >= 0.3 is 0 Å². The third-order valence-electron chi connectivity index (χ3n) is 2.64. The van der Waals surface area contributed by atoms with Gasteiger partial charge in [0.2, 0.25) is 5.91 Å². The third kappa shape index (κ3) is 5.06. The largest absolute Gasteiger partial charge is 0.341 e. The highest BCUT2D eigenvalue weighted by atomic mass is 79.9. The van der Waals surface area contributed by atoms with Crippen molar-refractivity contribution in [1.29, 1.82) is 0 Å². The lowest BCUT2D eigenvalue weighted by Gasteiger charge is -2.23. The molecule has 1 atom stereocenters. The second-order valence-electron chi connectivity index (χ2n) is 3.90. The maximum absolute atomic E-state index is 11.9. The van der Waals surface area contributed by atoms with E-state index in [-0.39, 0.29) is 24.4 Å². The first kappa shape index (κ1) is 16.4. The van der Waals surface area contributed by atoms with Gasteiger partial charge < -0.3 is 10.6 Å². The first-order chi connectivity index (χ1) is 7.54. The molecule has 0 saturated carbocycles. The molecule has 2 N–H and O–H groups in total. The second kappa shape index (κ2) is 7.69. The first-order valence-electron chi connectivity index (χ1n) is 5.24. The van der Waals surface area contributed by atoms with Gasteiger partial charge in [0.1, 0.15) is 0 Å². The molecule has 3 nitrogen and oxygen atoms in total. The summed E-state index contributed by atoms with van der Waals surface area (Å²) < 4.78 is 0.993. The van der Waals surface area contributed by atoms with E-state index >= 15 is 0 Å². The van der Waals surface area contributed by atoms with Gasteiger partial charge in [-0.1, -0.05) is 28.1 Å². The van der Waals surface area contributed by atoms with Crippen LogP contribution in [0.2, 0.25) is 0 Å². The van der Waals surface area contributed by atoms with E-state index in [0.717, 1.165) is 10.0 Å². The molecule has 5 heteroatoms. The Hall–Kier alpha value is -0.580. The third-order valence-corrected chi connectivity index (χ3v) is 3.13. The minimum absolute atomic E-state index is 0. The standard InChI is InChI=1S/C12H17BrN2O.ClH/c1-9(8-14)15(2)12(16)7-10-4-3-5-11(13)6-10;/h3-6,9H,7-8,14H2,1-2H3;1H. The Morgan fingerprint density at radius 1 is 1.53 bits per heavy atom. The SMILES string of the molecule is CC(CN)N(C)C(=O)Cc1cccc(Br)c1.Cl. The van der Waals surface area contributed by atoms with Gasteiger partial charge in [-0.05, 0) is 24.6 Å². The van der Waals surface area contributed by atoms with Crippen LogP contribution in [0, 0.1) is 0 Å². The molecule has 0 saturated heterocycles.